The molecule has 5 heteroatoms. The molecule has 1 N–H and O–H groups in total. The molecule has 0 spiro atoms. The Morgan fingerprint density at radius 3 is 2.69 bits per heavy atom. The minimum Gasteiger partial charge on any atom is -0.468 e. The second-order valence-corrected chi connectivity index (χ2v) is 4.90. The number of carbonyl (C=O) groups excluding carboxylic acids is 1. The van der Waals surface area contributed by atoms with E-state index in [9.17, 15) is 9.90 Å². The summed E-state index contributed by atoms with van der Waals surface area (Å²) in [6, 6.07) is 0. The summed E-state index contributed by atoms with van der Waals surface area (Å²) in [4.78, 5) is 14.0. The summed E-state index contributed by atoms with van der Waals surface area (Å²) in [7, 11) is 3.31. The molecule has 0 bridgehead atoms. The van der Waals surface area contributed by atoms with E-state index in [0.717, 1.165) is 6.54 Å². The van der Waals surface area contributed by atoms with Crippen LogP contribution in [-0.4, -0.2) is 62.0 Å². The lowest BCUT2D eigenvalue weighted by Crippen LogP contribution is -2.55. The molecule has 2 rings (SSSR count). The van der Waals surface area contributed by atoms with Crippen LogP contribution in [0.25, 0.3) is 0 Å². The van der Waals surface area contributed by atoms with Crippen molar-refractivity contribution in [1.29, 1.82) is 0 Å². The number of likely N-dealkylation sites (tertiary alicyclic amines) is 1. The van der Waals surface area contributed by atoms with Gasteiger partial charge in [0.1, 0.15) is 5.41 Å². The zero-order valence-electron chi connectivity index (χ0n) is 9.86. The quantitative estimate of drug-likeness (QED) is 0.655. The largest absolute Gasteiger partial charge is 0.468 e. The molecule has 2 aliphatic rings. The molecule has 0 aliphatic carbocycles. The van der Waals surface area contributed by atoms with Crippen LogP contribution in [0.4, 0.5) is 0 Å². The highest BCUT2D eigenvalue weighted by atomic mass is 16.5. The average molecular weight is 229 g/mol. The molecular formula is C11H19NO4. The minimum absolute atomic E-state index is 0.268. The van der Waals surface area contributed by atoms with Gasteiger partial charge in [0.15, 0.2) is 0 Å². The minimum atomic E-state index is -1.01. The lowest BCUT2D eigenvalue weighted by molar-refractivity contribution is -0.171. The maximum atomic E-state index is 12.0. The van der Waals surface area contributed by atoms with Gasteiger partial charge in [-0.05, 0) is 19.9 Å². The van der Waals surface area contributed by atoms with E-state index in [1.807, 2.05) is 11.9 Å². The van der Waals surface area contributed by atoms with Crippen molar-refractivity contribution in [3.63, 3.8) is 0 Å². The van der Waals surface area contributed by atoms with E-state index in [4.69, 9.17) is 9.47 Å². The molecule has 0 radical (unpaired) electrons. The van der Waals surface area contributed by atoms with Crippen LogP contribution in [0, 0.1) is 5.41 Å². The van der Waals surface area contributed by atoms with Crippen LogP contribution in [0.15, 0.2) is 0 Å². The zero-order valence-corrected chi connectivity index (χ0v) is 9.86. The number of rotatable bonds is 2. The van der Waals surface area contributed by atoms with Gasteiger partial charge >= 0.3 is 5.97 Å². The number of aliphatic hydroxyl groups is 1. The van der Waals surface area contributed by atoms with Gasteiger partial charge in [-0.25, -0.2) is 0 Å². The fraction of sp³-hybridized carbons (Fsp3) is 0.909. The van der Waals surface area contributed by atoms with Crippen molar-refractivity contribution in [2.45, 2.75) is 18.4 Å². The van der Waals surface area contributed by atoms with Crippen molar-refractivity contribution in [3.05, 3.63) is 0 Å². The summed E-state index contributed by atoms with van der Waals surface area (Å²) < 4.78 is 10.2. The number of esters is 1. The number of ether oxygens (including phenoxy) is 2. The van der Waals surface area contributed by atoms with Crippen LogP contribution in [0.1, 0.15) is 12.8 Å². The fourth-order valence-electron chi connectivity index (χ4n) is 2.85. The average Bonchev–Trinajstić information content (AvgIpc) is 2.86. The van der Waals surface area contributed by atoms with Crippen molar-refractivity contribution in [1.82, 2.24) is 4.90 Å². The van der Waals surface area contributed by atoms with Crippen molar-refractivity contribution in [3.8, 4) is 0 Å². The standard InChI is InChI=1S/C11H19NO4/c1-12-5-3-11(14,7-12)10(9(13)15-2)4-6-16-8-10/h14H,3-8H2,1-2H3. The Kier molecular flexibility index (Phi) is 2.94. The van der Waals surface area contributed by atoms with Gasteiger partial charge in [0.05, 0.1) is 19.3 Å². The van der Waals surface area contributed by atoms with Gasteiger partial charge in [-0.15, -0.1) is 0 Å². The van der Waals surface area contributed by atoms with Crippen LogP contribution in [0.5, 0.6) is 0 Å². The smallest absolute Gasteiger partial charge is 0.317 e. The number of hydrogen-bond donors (Lipinski definition) is 1. The molecule has 92 valence electrons. The fourth-order valence-corrected chi connectivity index (χ4v) is 2.85. The maximum Gasteiger partial charge on any atom is 0.317 e. The first-order valence-electron chi connectivity index (χ1n) is 5.61. The van der Waals surface area contributed by atoms with E-state index in [0.29, 0.717) is 26.0 Å². The second-order valence-electron chi connectivity index (χ2n) is 4.90. The molecule has 2 unspecified atom stereocenters. The topological polar surface area (TPSA) is 59.0 Å². The molecule has 0 aromatic carbocycles. The third-order valence-corrected chi connectivity index (χ3v) is 3.93. The van der Waals surface area contributed by atoms with E-state index in [1.165, 1.54) is 7.11 Å². The van der Waals surface area contributed by atoms with E-state index >= 15 is 0 Å². The molecule has 2 heterocycles. The third-order valence-electron chi connectivity index (χ3n) is 3.93. The summed E-state index contributed by atoms with van der Waals surface area (Å²) >= 11 is 0. The van der Waals surface area contributed by atoms with E-state index in [1.54, 1.807) is 0 Å². The molecule has 2 fully saturated rings. The number of methoxy groups -OCH3 is 1. The number of nitrogens with zero attached hydrogens (tertiary/aromatic N) is 1. The Bertz CT molecular complexity index is 288. The zero-order chi connectivity index (χ0) is 11.8. The predicted octanol–water partition coefficient (Wildman–Crippen LogP) is -0.367. The monoisotopic (exact) mass is 229 g/mol. The Morgan fingerprint density at radius 2 is 2.25 bits per heavy atom. The SMILES string of the molecule is COC(=O)C1(C2(O)CCN(C)C2)CCOC1. The van der Waals surface area contributed by atoms with Gasteiger partial charge in [0.25, 0.3) is 0 Å². The summed E-state index contributed by atoms with van der Waals surface area (Å²) in [5.41, 5.74) is -1.88. The highest BCUT2D eigenvalue weighted by Gasteiger charge is 2.60. The number of carbonyl (C=O) groups is 1. The first kappa shape index (κ1) is 11.8. The molecular weight excluding hydrogens is 210 g/mol. The van der Waals surface area contributed by atoms with Crippen molar-refractivity contribution < 1.29 is 19.4 Å². The number of likely N-dealkylation sites (N-methyl/N-ethyl adjacent to an activating group) is 1. The Labute approximate surface area is 95.3 Å². The first-order chi connectivity index (χ1) is 7.54. The van der Waals surface area contributed by atoms with Gasteiger partial charge in [0, 0.05) is 19.7 Å². The van der Waals surface area contributed by atoms with Crippen LogP contribution in [0.3, 0.4) is 0 Å². The van der Waals surface area contributed by atoms with Gasteiger partial charge in [-0.2, -0.15) is 0 Å². The Morgan fingerprint density at radius 1 is 1.50 bits per heavy atom. The van der Waals surface area contributed by atoms with Crippen molar-refractivity contribution in [2.75, 3.05) is 40.5 Å². The molecule has 0 saturated carbocycles. The van der Waals surface area contributed by atoms with Crippen LogP contribution >= 0.6 is 0 Å². The first-order valence-corrected chi connectivity index (χ1v) is 5.61. The molecule has 0 aromatic heterocycles. The lowest BCUT2D eigenvalue weighted by Gasteiger charge is -2.38. The molecule has 0 aromatic rings. The normalized spacial score (nSPS) is 40.2. The van der Waals surface area contributed by atoms with Crippen molar-refractivity contribution >= 4 is 5.97 Å². The Balaban J connectivity index is 2.29. The molecule has 2 atom stereocenters. The summed E-state index contributed by atoms with van der Waals surface area (Å²) in [5.74, 6) is -0.345. The number of hydrogen-bond acceptors (Lipinski definition) is 5. The second kappa shape index (κ2) is 3.98. The molecule has 2 saturated heterocycles. The summed E-state index contributed by atoms with van der Waals surface area (Å²) in [6.45, 7) is 2.09. The van der Waals surface area contributed by atoms with Crippen LogP contribution in [0.2, 0.25) is 0 Å². The van der Waals surface area contributed by atoms with E-state index in [-0.39, 0.29) is 12.6 Å². The highest BCUT2D eigenvalue weighted by molar-refractivity contribution is 5.79. The molecule has 5 nitrogen and oxygen atoms in total. The number of β-amino-alcohol motifs (C(OH)–C–C–N with tert-alkyl or cyclic N) is 1. The molecule has 0 amide bonds. The van der Waals surface area contributed by atoms with Gasteiger partial charge in [0.2, 0.25) is 0 Å². The summed E-state index contributed by atoms with van der Waals surface area (Å²) in [5, 5.41) is 10.7. The highest BCUT2D eigenvalue weighted by Crippen LogP contribution is 2.45. The Hall–Kier alpha value is -0.650. The van der Waals surface area contributed by atoms with Gasteiger partial charge in [-0.3, -0.25) is 4.79 Å². The third kappa shape index (κ3) is 1.54. The predicted molar refractivity (Wildman–Crippen MR) is 56.9 cm³/mol. The lowest BCUT2D eigenvalue weighted by atomic mass is 9.70. The maximum absolute atomic E-state index is 12.0. The van der Waals surface area contributed by atoms with Gasteiger partial charge in [-0.1, -0.05) is 0 Å². The van der Waals surface area contributed by atoms with Crippen LogP contribution < -0.4 is 0 Å². The molecule has 2 aliphatic heterocycles. The van der Waals surface area contributed by atoms with E-state index in [2.05, 4.69) is 0 Å². The van der Waals surface area contributed by atoms with E-state index < -0.39 is 11.0 Å². The molecule has 16 heavy (non-hydrogen) atoms. The van der Waals surface area contributed by atoms with Gasteiger partial charge < -0.3 is 19.5 Å². The van der Waals surface area contributed by atoms with Crippen LogP contribution in [-0.2, 0) is 14.3 Å². The van der Waals surface area contributed by atoms with Crippen molar-refractivity contribution in [2.24, 2.45) is 5.41 Å². The summed E-state index contributed by atoms with van der Waals surface area (Å²) in [6.07, 6.45) is 1.14.